The Kier molecular flexibility index (Phi) is 6.37. The van der Waals surface area contributed by atoms with Crippen molar-refractivity contribution in [1.82, 2.24) is 9.80 Å². The van der Waals surface area contributed by atoms with Crippen molar-refractivity contribution in [2.24, 2.45) is 5.73 Å². The fourth-order valence-corrected chi connectivity index (χ4v) is 1.87. The van der Waals surface area contributed by atoms with Gasteiger partial charge in [-0.1, -0.05) is 6.92 Å². The van der Waals surface area contributed by atoms with Crippen LogP contribution in [0.2, 0.25) is 0 Å². The van der Waals surface area contributed by atoms with E-state index in [1.54, 1.807) is 0 Å². The summed E-state index contributed by atoms with van der Waals surface area (Å²) in [6, 6.07) is 0. The molecule has 0 aromatic rings. The third kappa shape index (κ3) is 4.47. The molecule has 1 aliphatic heterocycles. The van der Waals surface area contributed by atoms with E-state index in [2.05, 4.69) is 11.8 Å². The van der Waals surface area contributed by atoms with Crippen LogP contribution in [0.3, 0.4) is 0 Å². The summed E-state index contributed by atoms with van der Waals surface area (Å²) in [4.78, 5) is 15.9. The Morgan fingerprint density at radius 2 is 2.06 bits per heavy atom. The van der Waals surface area contributed by atoms with Gasteiger partial charge in [-0.25, -0.2) is 0 Å². The highest BCUT2D eigenvalue weighted by atomic mass is 16.5. The lowest BCUT2D eigenvalue weighted by Crippen LogP contribution is -2.46. The fourth-order valence-electron chi connectivity index (χ4n) is 1.87. The van der Waals surface area contributed by atoms with Crippen molar-refractivity contribution >= 4 is 5.91 Å². The minimum absolute atomic E-state index is 0.199. The lowest BCUT2D eigenvalue weighted by atomic mass is 10.3. The van der Waals surface area contributed by atoms with Crippen LogP contribution in [0.15, 0.2) is 0 Å². The zero-order chi connectivity index (χ0) is 11.8. The van der Waals surface area contributed by atoms with Gasteiger partial charge in [0.05, 0.1) is 19.8 Å². The lowest BCUT2D eigenvalue weighted by molar-refractivity contribution is -0.136. The maximum absolute atomic E-state index is 11.9. The molecule has 0 aromatic heterocycles. The van der Waals surface area contributed by atoms with E-state index in [9.17, 15) is 4.79 Å². The van der Waals surface area contributed by atoms with Crippen LogP contribution in [0, 0.1) is 0 Å². The quantitative estimate of drug-likeness (QED) is 0.668. The number of amides is 1. The fraction of sp³-hybridized carbons (Fsp3) is 0.909. The van der Waals surface area contributed by atoms with E-state index in [4.69, 9.17) is 10.5 Å². The number of carbonyl (C=O) groups is 1. The van der Waals surface area contributed by atoms with Crippen LogP contribution in [0.25, 0.3) is 0 Å². The van der Waals surface area contributed by atoms with Crippen LogP contribution in [-0.4, -0.2) is 68.2 Å². The van der Waals surface area contributed by atoms with Crippen LogP contribution in [0.5, 0.6) is 0 Å². The van der Waals surface area contributed by atoms with Gasteiger partial charge >= 0.3 is 0 Å². The topological polar surface area (TPSA) is 58.8 Å². The Balaban J connectivity index is 2.33. The standard InChI is InChI=1S/C11H23N3O2/c1-2-4-13(5-3-12)10-11(15)14-6-8-16-9-7-14/h2-10,12H2,1H3. The van der Waals surface area contributed by atoms with Gasteiger partial charge in [-0.15, -0.1) is 0 Å². The number of nitrogens with two attached hydrogens (primary N) is 1. The molecule has 1 aliphatic rings. The largest absolute Gasteiger partial charge is 0.378 e. The van der Waals surface area contributed by atoms with Crippen LogP contribution in [-0.2, 0) is 9.53 Å². The summed E-state index contributed by atoms with van der Waals surface area (Å²) >= 11 is 0. The maximum Gasteiger partial charge on any atom is 0.236 e. The molecule has 1 amide bonds. The number of rotatable bonds is 6. The molecule has 0 radical (unpaired) electrons. The van der Waals surface area contributed by atoms with Crippen LogP contribution >= 0.6 is 0 Å². The molecule has 1 saturated heterocycles. The Hall–Kier alpha value is -0.650. The molecular formula is C11H23N3O2. The zero-order valence-electron chi connectivity index (χ0n) is 10.2. The zero-order valence-corrected chi connectivity index (χ0v) is 10.2. The molecule has 0 saturated carbocycles. The van der Waals surface area contributed by atoms with Gasteiger partial charge in [-0.05, 0) is 13.0 Å². The van der Waals surface area contributed by atoms with Crippen LogP contribution < -0.4 is 5.73 Å². The summed E-state index contributed by atoms with van der Waals surface area (Å²) in [5, 5.41) is 0. The first-order chi connectivity index (χ1) is 7.77. The number of hydrogen-bond donors (Lipinski definition) is 1. The minimum atomic E-state index is 0.199. The Morgan fingerprint density at radius 3 is 2.62 bits per heavy atom. The highest BCUT2D eigenvalue weighted by Crippen LogP contribution is 2.00. The Labute approximate surface area is 97.5 Å². The second-order valence-electron chi connectivity index (χ2n) is 4.06. The van der Waals surface area contributed by atoms with Gasteiger partial charge in [0.2, 0.25) is 5.91 Å². The first-order valence-electron chi connectivity index (χ1n) is 6.06. The van der Waals surface area contributed by atoms with Crippen molar-refractivity contribution in [2.75, 3.05) is 52.5 Å². The van der Waals surface area contributed by atoms with Gasteiger partial charge in [0, 0.05) is 26.2 Å². The predicted molar refractivity (Wildman–Crippen MR) is 63.2 cm³/mol. The van der Waals surface area contributed by atoms with Crippen molar-refractivity contribution < 1.29 is 9.53 Å². The number of nitrogens with zero attached hydrogens (tertiary/aromatic N) is 2. The van der Waals surface area contributed by atoms with Gasteiger partial charge in [0.1, 0.15) is 0 Å². The molecule has 1 heterocycles. The monoisotopic (exact) mass is 229 g/mol. The molecule has 94 valence electrons. The maximum atomic E-state index is 11.9. The van der Waals surface area contributed by atoms with Crippen molar-refractivity contribution in [2.45, 2.75) is 13.3 Å². The first kappa shape index (κ1) is 13.4. The van der Waals surface area contributed by atoms with Gasteiger partial charge in [0.15, 0.2) is 0 Å². The second kappa shape index (κ2) is 7.60. The molecule has 5 heteroatoms. The van der Waals surface area contributed by atoms with Gasteiger partial charge in [-0.3, -0.25) is 9.69 Å². The van der Waals surface area contributed by atoms with E-state index in [-0.39, 0.29) is 5.91 Å². The predicted octanol–water partition coefficient (Wildman–Crippen LogP) is -0.484. The minimum Gasteiger partial charge on any atom is -0.378 e. The summed E-state index contributed by atoms with van der Waals surface area (Å²) in [5.74, 6) is 0.199. The van der Waals surface area contributed by atoms with Crippen molar-refractivity contribution in [3.8, 4) is 0 Å². The molecule has 5 nitrogen and oxygen atoms in total. The smallest absolute Gasteiger partial charge is 0.236 e. The molecule has 0 aliphatic carbocycles. The average molecular weight is 229 g/mol. The molecule has 0 aromatic carbocycles. The van der Waals surface area contributed by atoms with Crippen LogP contribution in [0.4, 0.5) is 0 Å². The van der Waals surface area contributed by atoms with E-state index in [0.717, 1.165) is 32.6 Å². The highest BCUT2D eigenvalue weighted by Gasteiger charge is 2.18. The molecule has 0 bridgehead atoms. The van der Waals surface area contributed by atoms with Crippen molar-refractivity contribution in [3.05, 3.63) is 0 Å². The average Bonchev–Trinajstić information content (AvgIpc) is 2.31. The van der Waals surface area contributed by atoms with Crippen LogP contribution in [0.1, 0.15) is 13.3 Å². The second-order valence-corrected chi connectivity index (χ2v) is 4.06. The van der Waals surface area contributed by atoms with Gasteiger partial charge < -0.3 is 15.4 Å². The molecule has 16 heavy (non-hydrogen) atoms. The van der Waals surface area contributed by atoms with Crippen molar-refractivity contribution in [1.29, 1.82) is 0 Å². The molecule has 2 N–H and O–H groups in total. The third-order valence-corrected chi connectivity index (χ3v) is 2.71. The highest BCUT2D eigenvalue weighted by molar-refractivity contribution is 5.78. The van der Waals surface area contributed by atoms with E-state index in [0.29, 0.717) is 26.3 Å². The molecule has 1 fully saturated rings. The van der Waals surface area contributed by atoms with E-state index >= 15 is 0 Å². The summed E-state index contributed by atoms with van der Waals surface area (Å²) in [5.41, 5.74) is 5.53. The van der Waals surface area contributed by atoms with Gasteiger partial charge in [0.25, 0.3) is 0 Å². The summed E-state index contributed by atoms with van der Waals surface area (Å²) in [7, 11) is 0. The molecule has 0 spiro atoms. The van der Waals surface area contributed by atoms with E-state index in [1.165, 1.54) is 0 Å². The summed E-state index contributed by atoms with van der Waals surface area (Å²) in [6.07, 6.45) is 1.05. The number of hydrogen-bond acceptors (Lipinski definition) is 4. The Bertz CT molecular complexity index is 199. The number of morpholine rings is 1. The number of ether oxygens (including phenoxy) is 1. The lowest BCUT2D eigenvalue weighted by Gasteiger charge is -2.29. The molecule has 0 unspecified atom stereocenters. The third-order valence-electron chi connectivity index (χ3n) is 2.71. The van der Waals surface area contributed by atoms with Crippen molar-refractivity contribution in [3.63, 3.8) is 0 Å². The number of carbonyl (C=O) groups excluding carboxylic acids is 1. The SMILES string of the molecule is CCCN(CCN)CC(=O)N1CCOCC1. The molecular weight excluding hydrogens is 206 g/mol. The molecule has 0 atom stereocenters. The Morgan fingerprint density at radius 1 is 1.38 bits per heavy atom. The van der Waals surface area contributed by atoms with E-state index in [1.807, 2.05) is 4.90 Å². The summed E-state index contributed by atoms with van der Waals surface area (Å²) in [6.45, 7) is 7.72. The first-order valence-corrected chi connectivity index (χ1v) is 6.06. The van der Waals surface area contributed by atoms with Gasteiger partial charge in [-0.2, -0.15) is 0 Å². The molecule has 1 rings (SSSR count). The normalized spacial score (nSPS) is 16.8. The summed E-state index contributed by atoms with van der Waals surface area (Å²) < 4.78 is 5.22. The van der Waals surface area contributed by atoms with E-state index < -0.39 is 0 Å².